The van der Waals surface area contributed by atoms with E-state index in [-0.39, 0.29) is 0 Å². The molecule has 0 saturated heterocycles. The molecule has 0 unspecified atom stereocenters. The van der Waals surface area contributed by atoms with Crippen LogP contribution in [0.3, 0.4) is 0 Å². The second-order valence-electron chi connectivity index (χ2n) is 10.4. The van der Waals surface area contributed by atoms with Crippen LogP contribution in [0.2, 0.25) is 0 Å². The molecule has 0 aliphatic heterocycles. The van der Waals surface area contributed by atoms with E-state index in [0.717, 1.165) is 12.8 Å². The lowest BCUT2D eigenvalue weighted by Gasteiger charge is -2.18. The maximum absolute atomic E-state index is 2.31. The van der Waals surface area contributed by atoms with Gasteiger partial charge < -0.3 is 0 Å². The van der Waals surface area contributed by atoms with Gasteiger partial charge in [0.1, 0.15) is 0 Å². The molecule has 0 aromatic heterocycles. The van der Waals surface area contributed by atoms with Gasteiger partial charge >= 0.3 is 0 Å². The van der Waals surface area contributed by atoms with E-state index >= 15 is 0 Å². The van der Waals surface area contributed by atoms with E-state index < -0.39 is 0 Å². The molecule has 0 amide bonds. The van der Waals surface area contributed by atoms with Crippen LogP contribution in [-0.4, -0.2) is 0 Å². The number of hydrogen-bond donors (Lipinski definition) is 0. The Labute approximate surface area is 223 Å². The van der Waals surface area contributed by atoms with Crippen molar-refractivity contribution >= 4 is 0 Å². The lowest BCUT2D eigenvalue weighted by Crippen LogP contribution is -1.94. The molecule has 0 N–H and O–H groups in total. The standard InChI is InChI=1S/C38H26/c1-3-13-27-25(11-1)23-37-29(27)19-9-21-35(37)33-17-7-5-15-31(33)32-16-6-8-18-34(32)36-22-10-20-30-28-14-4-2-12-26(28)24-38(30)36/h1-22H,23-24H2. The Kier molecular flexibility index (Phi) is 4.75. The average molecular weight is 483 g/mol. The summed E-state index contributed by atoms with van der Waals surface area (Å²) in [4.78, 5) is 0. The zero-order valence-corrected chi connectivity index (χ0v) is 21.1. The van der Waals surface area contributed by atoms with E-state index in [1.165, 1.54) is 77.9 Å². The Morgan fingerprint density at radius 2 is 0.500 bits per heavy atom. The average Bonchev–Trinajstić information content (AvgIpc) is 3.56. The van der Waals surface area contributed by atoms with Gasteiger partial charge in [0, 0.05) is 0 Å². The normalized spacial score (nSPS) is 12.5. The minimum absolute atomic E-state index is 0.988. The molecule has 0 spiro atoms. The Morgan fingerprint density at radius 1 is 0.237 bits per heavy atom. The molecule has 0 radical (unpaired) electrons. The minimum Gasteiger partial charge on any atom is -0.0619 e. The molecule has 0 saturated carbocycles. The highest BCUT2D eigenvalue weighted by molar-refractivity contribution is 5.96. The van der Waals surface area contributed by atoms with E-state index in [9.17, 15) is 0 Å². The summed E-state index contributed by atoms with van der Waals surface area (Å²) in [5.41, 5.74) is 19.1. The highest BCUT2D eigenvalue weighted by Crippen LogP contribution is 2.47. The van der Waals surface area contributed by atoms with Gasteiger partial charge in [-0.15, -0.1) is 0 Å². The van der Waals surface area contributed by atoms with Crippen LogP contribution in [0, 0.1) is 0 Å². The molecular weight excluding hydrogens is 456 g/mol. The summed E-state index contributed by atoms with van der Waals surface area (Å²) >= 11 is 0. The zero-order valence-electron chi connectivity index (χ0n) is 21.1. The third kappa shape index (κ3) is 3.17. The Balaban J connectivity index is 1.31. The first kappa shape index (κ1) is 21.4. The first-order chi connectivity index (χ1) is 18.9. The molecule has 0 fully saturated rings. The van der Waals surface area contributed by atoms with Crippen LogP contribution >= 0.6 is 0 Å². The molecule has 0 nitrogen and oxygen atoms in total. The quantitative estimate of drug-likeness (QED) is 0.235. The molecule has 0 heterocycles. The summed E-state index contributed by atoms with van der Waals surface area (Å²) < 4.78 is 0. The predicted molar refractivity (Wildman–Crippen MR) is 159 cm³/mol. The van der Waals surface area contributed by atoms with Gasteiger partial charge in [0.15, 0.2) is 0 Å². The van der Waals surface area contributed by atoms with Crippen molar-refractivity contribution in [3.8, 4) is 55.6 Å². The molecule has 38 heavy (non-hydrogen) atoms. The van der Waals surface area contributed by atoms with Gasteiger partial charge in [0.2, 0.25) is 0 Å². The molecule has 178 valence electrons. The van der Waals surface area contributed by atoms with Crippen LogP contribution in [0.15, 0.2) is 133 Å². The summed E-state index contributed by atoms with van der Waals surface area (Å²) in [6, 6.07) is 49.2. The van der Waals surface area contributed by atoms with E-state index in [1.54, 1.807) is 0 Å². The fraction of sp³-hybridized carbons (Fsp3) is 0.0526. The molecule has 2 aliphatic rings. The number of benzene rings is 6. The van der Waals surface area contributed by atoms with E-state index in [2.05, 4.69) is 133 Å². The first-order valence-corrected chi connectivity index (χ1v) is 13.5. The van der Waals surface area contributed by atoms with Crippen molar-refractivity contribution in [2.24, 2.45) is 0 Å². The second-order valence-corrected chi connectivity index (χ2v) is 10.4. The highest BCUT2D eigenvalue weighted by atomic mass is 14.3. The maximum Gasteiger partial charge on any atom is -0.000728 e. The first-order valence-electron chi connectivity index (χ1n) is 13.5. The molecule has 8 rings (SSSR count). The third-order valence-corrected chi connectivity index (χ3v) is 8.43. The van der Waals surface area contributed by atoms with Crippen LogP contribution in [0.1, 0.15) is 22.3 Å². The zero-order chi connectivity index (χ0) is 25.1. The maximum atomic E-state index is 2.31. The molecule has 0 bridgehead atoms. The number of rotatable bonds is 3. The van der Waals surface area contributed by atoms with Crippen molar-refractivity contribution in [2.45, 2.75) is 12.8 Å². The van der Waals surface area contributed by atoms with E-state index in [0.29, 0.717) is 0 Å². The number of fused-ring (bicyclic) bond motifs is 6. The van der Waals surface area contributed by atoms with Crippen molar-refractivity contribution in [1.29, 1.82) is 0 Å². The van der Waals surface area contributed by atoms with Crippen LogP contribution in [-0.2, 0) is 12.8 Å². The smallest absolute Gasteiger partial charge is 0.000728 e. The summed E-state index contributed by atoms with van der Waals surface area (Å²) in [7, 11) is 0. The summed E-state index contributed by atoms with van der Waals surface area (Å²) in [6.07, 6.45) is 1.98. The van der Waals surface area contributed by atoms with Crippen LogP contribution in [0.25, 0.3) is 55.6 Å². The van der Waals surface area contributed by atoms with Crippen LogP contribution in [0.4, 0.5) is 0 Å². The van der Waals surface area contributed by atoms with E-state index in [1.807, 2.05) is 0 Å². The third-order valence-electron chi connectivity index (χ3n) is 8.43. The SMILES string of the molecule is c1ccc2c(c1)Cc1c-2cccc1-c1ccccc1-c1ccccc1-c1cccc2c1Cc1ccccc1-2. The van der Waals surface area contributed by atoms with Gasteiger partial charge in [-0.1, -0.05) is 133 Å². The molecule has 6 aromatic rings. The van der Waals surface area contributed by atoms with Gasteiger partial charge in [-0.05, 0) is 90.7 Å². The fourth-order valence-electron chi connectivity index (χ4n) is 6.72. The summed E-state index contributed by atoms with van der Waals surface area (Å²) in [5, 5.41) is 0. The molecule has 0 heteroatoms. The van der Waals surface area contributed by atoms with Crippen LogP contribution in [0.5, 0.6) is 0 Å². The van der Waals surface area contributed by atoms with Gasteiger partial charge in [-0.2, -0.15) is 0 Å². The Hall–Kier alpha value is -4.68. The second kappa shape index (κ2) is 8.43. The van der Waals surface area contributed by atoms with Gasteiger partial charge in [0.25, 0.3) is 0 Å². The topological polar surface area (TPSA) is 0 Å². The molecule has 6 aromatic carbocycles. The van der Waals surface area contributed by atoms with Crippen molar-refractivity contribution in [1.82, 2.24) is 0 Å². The van der Waals surface area contributed by atoms with Crippen LogP contribution < -0.4 is 0 Å². The Bertz CT molecular complexity index is 1730. The van der Waals surface area contributed by atoms with Gasteiger partial charge in [-0.25, -0.2) is 0 Å². The van der Waals surface area contributed by atoms with Crippen molar-refractivity contribution in [3.05, 3.63) is 156 Å². The van der Waals surface area contributed by atoms with E-state index in [4.69, 9.17) is 0 Å². The van der Waals surface area contributed by atoms with Crippen molar-refractivity contribution < 1.29 is 0 Å². The summed E-state index contributed by atoms with van der Waals surface area (Å²) in [6.45, 7) is 0. The van der Waals surface area contributed by atoms with Crippen molar-refractivity contribution in [2.75, 3.05) is 0 Å². The molecule has 0 atom stereocenters. The Morgan fingerprint density at radius 3 is 0.895 bits per heavy atom. The van der Waals surface area contributed by atoms with Crippen molar-refractivity contribution in [3.63, 3.8) is 0 Å². The lowest BCUT2D eigenvalue weighted by molar-refractivity contribution is 1.26. The van der Waals surface area contributed by atoms with Gasteiger partial charge in [0.05, 0.1) is 0 Å². The molecule has 2 aliphatic carbocycles. The fourth-order valence-corrected chi connectivity index (χ4v) is 6.72. The molecular formula is C38H26. The largest absolute Gasteiger partial charge is 0.0619 e. The summed E-state index contributed by atoms with van der Waals surface area (Å²) in [5.74, 6) is 0. The van der Waals surface area contributed by atoms with Gasteiger partial charge in [-0.3, -0.25) is 0 Å². The lowest BCUT2D eigenvalue weighted by atomic mass is 9.85. The predicted octanol–water partition coefficient (Wildman–Crippen LogP) is 9.83. The monoisotopic (exact) mass is 482 g/mol. The number of hydrogen-bond acceptors (Lipinski definition) is 0. The highest BCUT2D eigenvalue weighted by Gasteiger charge is 2.25. The minimum atomic E-state index is 0.988.